The van der Waals surface area contributed by atoms with Crippen LogP contribution in [0, 0.1) is 0 Å². The number of aliphatic imine (C=N–C) groups is 1. The summed E-state index contributed by atoms with van der Waals surface area (Å²) in [7, 11) is 0. The predicted molar refractivity (Wildman–Crippen MR) is 104 cm³/mol. The average molecular weight is 387 g/mol. The fourth-order valence-corrected chi connectivity index (χ4v) is 2.78. The average Bonchev–Trinajstić information content (AvgIpc) is 3.18. The molecule has 1 aromatic carbocycles. The maximum atomic E-state index is 12.9. The fraction of sp³-hybridized carbons (Fsp3) is 0.400. The summed E-state index contributed by atoms with van der Waals surface area (Å²) < 4.78 is 5.20. The molecule has 1 atom stereocenters. The minimum Gasteiger partial charge on any atom is -0.480 e. The maximum absolute atomic E-state index is 12.9. The van der Waals surface area contributed by atoms with Crippen molar-refractivity contribution in [3.63, 3.8) is 0 Å². The summed E-state index contributed by atoms with van der Waals surface area (Å²) in [5.74, 6) is -1.57. The second-order valence-corrected chi connectivity index (χ2v) is 6.36. The molecule has 0 bridgehead atoms. The Labute approximate surface area is 163 Å². The molecule has 0 saturated heterocycles. The molecule has 0 unspecified atom stereocenters. The highest BCUT2D eigenvalue weighted by Gasteiger charge is 2.28. The van der Waals surface area contributed by atoms with E-state index in [0.29, 0.717) is 18.5 Å². The summed E-state index contributed by atoms with van der Waals surface area (Å²) in [6.07, 6.45) is 4.28. The Balaban J connectivity index is 2.04. The zero-order valence-corrected chi connectivity index (χ0v) is 15.8. The quantitative estimate of drug-likeness (QED) is 0.641. The molecule has 8 nitrogen and oxygen atoms in total. The number of hydrogen-bond donors (Lipinski definition) is 2. The molecule has 0 saturated carbocycles. The van der Waals surface area contributed by atoms with Crippen LogP contribution in [0.2, 0.25) is 0 Å². The molecule has 0 aromatic heterocycles. The van der Waals surface area contributed by atoms with Crippen molar-refractivity contribution >= 4 is 24.2 Å². The second-order valence-electron chi connectivity index (χ2n) is 6.36. The number of nitrogens with zero attached hydrogens (tertiary/aromatic N) is 2. The molecular weight excluding hydrogens is 362 g/mol. The van der Waals surface area contributed by atoms with Gasteiger partial charge in [-0.25, -0.2) is 4.79 Å². The van der Waals surface area contributed by atoms with E-state index in [0.717, 1.165) is 5.56 Å². The van der Waals surface area contributed by atoms with Gasteiger partial charge in [0.15, 0.2) is 0 Å². The number of allylic oxidation sites excluding steroid dienone is 1. The van der Waals surface area contributed by atoms with Gasteiger partial charge in [0.05, 0.1) is 0 Å². The molecule has 1 aromatic rings. The lowest BCUT2D eigenvalue weighted by Gasteiger charge is -2.26. The first-order valence-corrected chi connectivity index (χ1v) is 9.19. The Morgan fingerprint density at radius 3 is 2.64 bits per heavy atom. The van der Waals surface area contributed by atoms with Crippen molar-refractivity contribution in [2.45, 2.75) is 38.8 Å². The van der Waals surface area contributed by atoms with Gasteiger partial charge in [0.2, 0.25) is 5.91 Å². The zero-order chi connectivity index (χ0) is 20.4. The largest absolute Gasteiger partial charge is 0.480 e. The topological polar surface area (TPSA) is 108 Å². The number of benzene rings is 1. The molecule has 0 spiro atoms. The summed E-state index contributed by atoms with van der Waals surface area (Å²) in [6.45, 7) is 1.78. The summed E-state index contributed by atoms with van der Waals surface area (Å²) >= 11 is 0. The molecule has 28 heavy (non-hydrogen) atoms. The third-order valence-electron chi connectivity index (χ3n) is 4.06. The third kappa shape index (κ3) is 6.86. The van der Waals surface area contributed by atoms with Crippen LogP contribution >= 0.6 is 0 Å². The Hall–Kier alpha value is -3.16. The monoisotopic (exact) mass is 387 g/mol. The Kier molecular flexibility index (Phi) is 8.20. The van der Waals surface area contributed by atoms with Crippen LogP contribution in [0.4, 0.5) is 4.79 Å². The van der Waals surface area contributed by atoms with Crippen LogP contribution in [0.5, 0.6) is 0 Å². The molecule has 2 rings (SSSR count). The highest BCUT2D eigenvalue weighted by Crippen LogP contribution is 2.15. The lowest BCUT2D eigenvalue weighted by Crippen LogP contribution is -2.50. The van der Waals surface area contributed by atoms with Crippen molar-refractivity contribution in [1.82, 2.24) is 10.2 Å². The van der Waals surface area contributed by atoms with Crippen LogP contribution in [0.25, 0.3) is 0 Å². The Morgan fingerprint density at radius 1 is 1.29 bits per heavy atom. The number of nitrogens with one attached hydrogen (secondary N) is 1. The van der Waals surface area contributed by atoms with Crippen molar-refractivity contribution in [2.24, 2.45) is 4.99 Å². The van der Waals surface area contributed by atoms with Crippen LogP contribution in [0.1, 0.15) is 31.7 Å². The van der Waals surface area contributed by atoms with E-state index in [4.69, 9.17) is 9.84 Å². The number of aliphatic carboxylic acids is 1. The number of carboxylic acid groups (broad SMARTS) is 1. The first kappa shape index (κ1) is 21.1. The van der Waals surface area contributed by atoms with Crippen molar-refractivity contribution < 1.29 is 24.2 Å². The first-order valence-electron chi connectivity index (χ1n) is 9.19. The van der Waals surface area contributed by atoms with E-state index in [-0.39, 0.29) is 19.6 Å². The molecule has 2 N–H and O–H groups in total. The summed E-state index contributed by atoms with van der Waals surface area (Å²) in [5.41, 5.74) is 1.50. The lowest BCUT2D eigenvalue weighted by molar-refractivity contribution is -0.145. The number of carboxylic acids is 1. The first-order chi connectivity index (χ1) is 13.5. The van der Waals surface area contributed by atoms with Gasteiger partial charge in [0.1, 0.15) is 19.2 Å². The summed E-state index contributed by atoms with van der Waals surface area (Å²) in [6, 6.07) is 8.23. The minimum absolute atomic E-state index is 0.0717. The van der Waals surface area contributed by atoms with Gasteiger partial charge in [0.25, 0.3) is 0 Å². The van der Waals surface area contributed by atoms with Gasteiger partial charge >= 0.3 is 12.1 Å². The third-order valence-corrected chi connectivity index (χ3v) is 4.06. The Bertz CT molecular complexity index is 745. The standard InChI is InChI=1S/C20H25N3O5/c1-2-11-23(13-18(24)25)19(26)17(12-16-9-6-10-21-16)22-20(27)28-14-15-7-4-3-5-8-15/h3-5,7-10,17H,2,6,11-14H2,1H3,(H,22,27)(H,24,25)/t17-/m0/s1. The van der Waals surface area contributed by atoms with Crippen LogP contribution < -0.4 is 5.32 Å². The van der Waals surface area contributed by atoms with Crippen molar-refractivity contribution in [1.29, 1.82) is 0 Å². The van der Waals surface area contributed by atoms with E-state index in [9.17, 15) is 14.4 Å². The lowest BCUT2D eigenvalue weighted by atomic mass is 10.1. The fourth-order valence-electron chi connectivity index (χ4n) is 2.78. The van der Waals surface area contributed by atoms with Gasteiger partial charge in [0, 0.05) is 31.3 Å². The molecule has 0 radical (unpaired) electrons. The number of rotatable bonds is 10. The zero-order valence-electron chi connectivity index (χ0n) is 15.8. The van der Waals surface area contributed by atoms with Crippen LogP contribution in [0.3, 0.4) is 0 Å². The highest BCUT2D eigenvalue weighted by molar-refractivity contribution is 5.88. The number of carbonyl (C=O) groups excluding carboxylic acids is 2. The molecule has 0 fully saturated rings. The van der Waals surface area contributed by atoms with Crippen molar-refractivity contribution in [3.8, 4) is 0 Å². The number of carbonyl (C=O) groups is 3. The molecule has 0 aliphatic carbocycles. The van der Waals surface area contributed by atoms with Crippen molar-refractivity contribution in [2.75, 3.05) is 13.1 Å². The molecule has 1 aliphatic heterocycles. The molecule has 8 heteroatoms. The van der Waals surface area contributed by atoms with E-state index in [2.05, 4.69) is 10.3 Å². The summed E-state index contributed by atoms with van der Waals surface area (Å²) in [5, 5.41) is 11.6. The highest BCUT2D eigenvalue weighted by atomic mass is 16.5. The van der Waals surface area contributed by atoms with Crippen molar-refractivity contribution in [3.05, 3.63) is 47.7 Å². The number of amides is 2. The van der Waals surface area contributed by atoms with Crippen LogP contribution in [-0.2, 0) is 20.9 Å². The van der Waals surface area contributed by atoms with Gasteiger partial charge in [-0.1, -0.05) is 43.3 Å². The van der Waals surface area contributed by atoms with Gasteiger partial charge in [-0.2, -0.15) is 0 Å². The van der Waals surface area contributed by atoms with E-state index < -0.39 is 30.6 Å². The SMILES string of the molecule is CCCN(CC(=O)O)C(=O)[C@H](CC1=CCC=N1)NC(=O)OCc1ccccc1. The predicted octanol–water partition coefficient (Wildman–Crippen LogP) is 2.35. The van der Waals surface area contributed by atoms with Crippen LogP contribution in [-0.4, -0.2) is 53.3 Å². The number of alkyl carbamates (subject to hydrolysis) is 1. The number of ether oxygens (including phenoxy) is 1. The van der Waals surface area contributed by atoms with E-state index in [1.807, 2.05) is 43.3 Å². The number of hydrogen-bond acceptors (Lipinski definition) is 5. The molecule has 1 aliphatic rings. The van der Waals surface area contributed by atoms with E-state index >= 15 is 0 Å². The summed E-state index contributed by atoms with van der Waals surface area (Å²) in [4.78, 5) is 41.6. The molecule has 2 amide bonds. The van der Waals surface area contributed by atoms with Gasteiger partial charge in [-0.05, 0) is 12.0 Å². The van der Waals surface area contributed by atoms with Gasteiger partial charge in [-0.3, -0.25) is 14.6 Å². The molecular formula is C20H25N3O5. The van der Waals surface area contributed by atoms with E-state index in [1.54, 1.807) is 6.21 Å². The Morgan fingerprint density at radius 2 is 2.04 bits per heavy atom. The van der Waals surface area contributed by atoms with Gasteiger partial charge in [-0.15, -0.1) is 0 Å². The normalized spacial score (nSPS) is 13.5. The minimum atomic E-state index is -1.11. The van der Waals surface area contributed by atoms with Crippen LogP contribution in [0.15, 0.2) is 47.1 Å². The molecule has 150 valence electrons. The maximum Gasteiger partial charge on any atom is 0.408 e. The van der Waals surface area contributed by atoms with E-state index in [1.165, 1.54) is 4.90 Å². The second kappa shape index (κ2) is 10.9. The van der Waals surface area contributed by atoms with Gasteiger partial charge < -0.3 is 20.1 Å². The molecule has 1 heterocycles. The smallest absolute Gasteiger partial charge is 0.408 e.